The second-order valence-electron chi connectivity index (χ2n) is 6.41. The van der Waals surface area contributed by atoms with Crippen molar-refractivity contribution >= 4 is 0 Å². The highest BCUT2D eigenvalue weighted by Crippen LogP contribution is 2.24. The van der Waals surface area contributed by atoms with Crippen molar-refractivity contribution in [1.29, 1.82) is 0 Å². The molecule has 19 heavy (non-hydrogen) atoms. The topological polar surface area (TPSA) is 15.3 Å². The van der Waals surface area contributed by atoms with Gasteiger partial charge < -0.3 is 5.32 Å². The minimum Gasteiger partial charge on any atom is -0.313 e. The summed E-state index contributed by atoms with van der Waals surface area (Å²) < 4.78 is 0. The molecule has 114 valence electrons. The van der Waals surface area contributed by atoms with E-state index in [1.165, 1.54) is 57.9 Å². The standard InChI is InChI=1S/C17H36N2/c1-5-7-11-14-19(15(3)4)17-13-10-8-9-12-16(17)18-6-2/h15-18H,5-14H2,1-4H3. The van der Waals surface area contributed by atoms with Gasteiger partial charge in [-0.15, -0.1) is 0 Å². The van der Waals surface area contributed by atoms with Gasteiger partial charge >= 0.3 is 0 Å². The first kappa shape index (κ1) is 17.0. The number of nitrogens with zero attached hydrogens (tertiary/aromatic N) is 1. The fraction of sp³-hybridized carbons (Fsp3) is 1.00. The van der Waals surface area contributed by atoms with Crippen LogP contribution in [0.2, 0.25) is 0 Å². The first-order valence-corrected chi connectivity index (χ1v) is 8.69. The molecule has 2 unspecified atom stereocenters. The highest BCUT2D eigenvalue weighted by atomic mass is 15.2. The van der Waals surface area contributed by atoms with E-state index >= 15 is 0 Å². The van der Waals surface area contributed by atoms with Crippen molar-refractivity contribution in [2.45, 2.75) is 97.2 Å². The van der Waals surface area contributed by atoms with E-state index in [1.807, 2.05) is 0 Å². The van der Waals surface area contributed by atoms with Crippen LogP contribution in [0.1, 0.15) is 79.1 Å². The number of hydrogen-bond acceptors (Lipinski definition) is 2. The van der Waals surface area contributed by atoms with Gasteiger partial charge in [0.2, 0.25) is 0 Å². The maximum Gasteiger partial charge on any atom is 0.0252 e. The minimum atomic E-state index is 0.682. The second-order valence-corrected chi connectivity index (χ2v) is 6.41. The zero-order valence-electron chi connectivity index (χ0n) is 13.8. The van der Waals surface area contributed by atoms with Crippen molar-refractivity contribution in [1.82, 2.24) is 10.2 Å². The van der Waals surface area contributed by atoms with Gasteiger partial charge in [-0.1, -0.05) is 46.0 Å². The molecule has 1 aliphatic carbocycles. The van der Waals surface area contributed by atoms with Crippen molar-refractivity contribution in [3.05, 3.63) is 0 Å². The molecule has 1 fully saturated rings. The summed E-state index contributed by atoms with van der Waals surface area (Å²) in [5.74, 6) is 0. The third-order valence-electron chi connectivity index (χ3n) is 4.55. The third-order valence-corrected chi connectivity index (χ3v) is 4.55. The Kier molecular flexibility index (Phi) is 8.72. The molecule has 0 aromatic carbocycles. The zero-order valence-corrected chi connectivity index (χ0v) is 13.8. The molecule has 0 saturated heterocycles. The fourth-order valence-corrected chi connectivity index (χ4v) is 3.54. The molecule has 1 rings (SSSR count). The number of rotatable bonds is 8. The van der Waals surface area contributed by atoms with Crippen LogP contribution < -0.4 is 5.32 Å². The summed E-state index contributed by atoms with van der Waals surface area (Å²) in [6.07, 6.45) is 11.1. The lowest BCUT2D eigenvalue weighted by Crippen LogP contribution is -2.52. The van der Waals surface area contributed by atoms with E-state index in [0.717, 1.165) is 18.6 Å². The molecule has 2 nitrogen and oxygen atoms in total. The molecule has 2 atom stereocenters. The van der Waals surface area contributed by atoms with E-state index in [2.05, 4.69) is 37.9 Å². The normalized spacial score (nSPS) is 24.9. The highest BCUT2D eigenvalue weighted by Gasteiger charge is 2.29. The van der Waals surface area contributed by atoms with Crippen molar-refractivity contribution in [3.63, 3.8) is 0 Å². The molecule has 1 saturated carbocycles. The maximum atomic E-state index is 3.76. The van der Waals surface area contributed by atoms with Crippen LogP contribution >= 0.6 is 0 Å². The van der Waals surface area contributed by atoms with Crippen LogP contribution in [0.3, 0.4) is 0 Å². The molecule has 0 spiro atoms. The van der Waals surface area contributed by atoms with E-state index < -0.39 is 0 Å². The van der Waals surface area contributed by atoms with Gasteiger partial charge in [-0.25, -0.2) is 0 Å². The molecular formula is C17H36N2. The van der Waals surface area contributed by atoms with Gasteiger partial charge in [-0.3, -0.25) is 4.90 Å². The maximum absolute atomic E-state index is 3.76. The Morgan fingerprint density at radius 1 is 1.05 bits per heavy atom. The summed E-state index contributed by atoms with van der Waals surface area (Å²) in [7, 11) is 0. The molecule has 0 aliphatic heterocycles. The zero-order chi connectivity index (χ0) is 14.1. The minimum absolute atomic E-state index is 0.682. The Balaban J connectivity index is 2.64. The molecular weight excluding hydrogens is 232 g/mol. The molecule has 0 heterocycles. The smallest absolute Gasteiger partial charge is 0.0252 e. The largest absolute Gasteiger partial charge is 0.313 e. The third kappa shape index (κ3) is 5.83. The molecule has 0 aromatic rings. The van der Waals surface area contributed by atoms with E-state index in [4.69, 9.17) is 0 Å². The predicted molar refractivity (Wildman–Crippen MR) is 85.7 cm³/mol. The van der Waals surface area contributed by atoms with Crippen LogP contribution in [0.4, 0.5) is 0 Å². The lowest BCUT2D eigenvalue weighted by atomic mass is 9.99. The van der Waals surface area contributed by atoms with Gasteiger partial charge in [-0.2, -0.15) is 0 Å². The van der Waals surface area contributed by atoms with Gasteiger partial charge in [0.05, 0.1) is 0 Å². The lowest BCUT2D eigenvalue weighted by Gasteiger charge is -2.39. The van der Waals surface area contributed by atoms with Crippen LogP contribution in [0, 0.1) is 0 Å². The Hall–Kier alpha value is -0.0800. The average Bonchev–Trinajstić information content (AvgIpc) is 2.61. The van der Waals surface area contributed by atoms with Gasteiger partial charge in [0, 0.05) is 18.1 Å². The molecule has 1 N–H and O–H groups in total. The predicted octanol–water partition coefficient (Wildman–Crippen LogP) is 4.20. The quantitative estimate of drug-likeness (QED) is 0.524. The van der Waals surface area contributed by atoms with Gasteiger partial charge in [0.25, 0.3) is 0 Å². The number of nitrogens with one attached hydrogen (secondary N) is 1. The number of likely N-dealkylation sites (N-methyl/N-ethyl adjacent to an activating group) is 1. The van der Waals surface area contributed by atoms with Crippen molar-refractivity contribution in [3.8, 4) is 0 Å². The van der Waals surface area contributed by atoms with Gasteiger partial charge in [0.15, 0.2) is 0 Å². The molecule has 2 heteroatoms. The van der Waals surface area contributed by atoms with Crippen LogP contribution in [-0.2, 0) is 0 Å². The SMILES string of the molecule is CCCCCN(C(C)C)C1CCCCCC1NCC. The average molecular weight is 268 g/mol. The van der Waals surface area contributed by atoms with E-state index in [1.54, 1.807) is 0 Å². The Morgan fingerprint density at radius 3 is 2.42 bits per heavy atom. The number of hydrogen-bond donors (Lipinski definition) is 1. The van der Waals surface area contributed by atoms with Crippen molar-refractivity contribution < 1.29 is 0 Å². The summed E-state index contributed by atoms with van der Waals surface area (Å²) in [4.78, 5) is 2.79. The van der Waals surface area contributed by atoms with Crippen molar-refractivity contribution in [2.24, 2.45) is 0 Å². The van der Waals surface area contributed by atoms with Crippen LogP contribution in [-0.4, -0.2) is 36.1 Å². The molecule has 0 bridgehead atoms. The van der Waals surface area contributed by atoms with Crippen LogP contribution in [0.15, 0.2) is 0 Å². The summed E-state index contributed by atoms with van der Waals surface area (Å²) >= 11 is 0. The lowest BCUT2D eigenvalue weighted by molar-refractivity contribution is 0.112. The highest BCUT2D eigenvalue weighted by molar-refractivity contribution is 4.88. The summed E-state index contributed by atoms with van der Waals surface area (Å²) in [6, 6.07) is 2.16. The summed E-state index contributed by atoms with van der Waals surface area (Å²) in [6.45, 7) is 11.7. The fourth-order valence-electron chi connectivity index (χ4n) is 3.54. The number of unbranched alkanes of at least 4 members (excludes halogenated alkanes) is 2. The monoisotopic (exact) mass is 268 g/mol. The molecule has 0 radical (unpaired) electrons. The molecule has 0 aromatic heterocycles. The van der Waals surface area contributed by atoms with Crippen molar-refractivity contribution in [2.75, 3.05) is 13.1 Å². The second kappa shape index (κ2) is 9.77. The summed E-state index contributed by atoms with van der Waals surface area (Å²) in [5.41, 5.74) is 0. The first-order chi connectivity index (χ1) is 9.20. The molecule has 1 aliphatic rings. The molecule has 0 amide bonds. The van der Waals surface area contributed by atoms with E-state index in [0.29, 0.717) is 6.04 Å². The van der Waals surface area contributed by atoms with Gasteiger partial charge in [0.1, 0.15) is 0 Å². The van der Waals surface area contributed by atoms with Gasteiger partial charge in [-0.05, 0) is 46.2 Å². The van der Waals surface area contributed by atoms with Crippen LogP contribution in [0.25, 0.3) is 0 Å². The Labute approximate surface area is 121 Å². The Bertz CT molecular complexity index is 215. The summed E-state index contributed by atoms with van der Waals surface area (Å²) in [5, 5.41) is 3.76. The van der Waals surface area contributed by atoms with E-state index in [9.17, 15) is 0 Å². The first-order valence-electron chi connectivity index (χ1n) is 8.69. The van der Waals surface area contributed by atoms with E-state index in [-0.39, 0.29) is 0 Å². The Morgan fingerprint density at radius 2 is 1.79 bits per heavy atom. The van der Waals surface area contributed by atoms with Crippen LogP contribution in [0.5, 0.6) is 0 Å².